The number of rotatable bonds is 5. The van der Waals surface area contributed by atoms with E-state index in [0.717, 1.165) is 6.07 Å². The van der Waals surface area contributed by atoms with Gasteiger partial charge in [-0.1, -0.05) is 0 Å². The summed E-state index contributed by atoms with van der Waals surface area (Å²) in [5.74, 6) is -1.25. The normalized spacial score (nSPS) is 20.9. The summed E-state index contributed by atoms with van der Waals surface area (Å²) in [6.07, 6.45) is 2.00. The highest BCUT2D eigenvalue weighted by molar-refractivity contribution is 5.91. The Bertz CT molecular complexity index is 1030. The van der Waals surface area contributed by atoms with E-state index < -0.39 is 29.4 Å². The van der Waals surface area contributed by atoms with E-state index in [1.54, 1.807) is 4.90 Å². The van der Waals surface area contributed by atoms with Crippen molar-refractivity contribution in [3.05, 3.63) is 32.7 Å². The number of anilines is 1. The van der Waals surface area contributed by atoms with E-state index in [1.807, 2.05) is 6.92 Å². The minimum atomic E-state index is -3.24. The van der Waals surface area contributed by atoms with Crippen LogP contribution in [-0.4, -0.2) is 35.3 Å². The molecule has 0 bridgehead atoms. The third-order valence-corrected chi connectivity index (χ3v) is 5.51. The van der Waals surface area contributed by atoms with Gasteiger partial charge in [0.15, 0.2) is 11.6 Å². The highest BCUT2D eigenvalue weighted by Crippen LogP contribution is 2.44. The number of nitrogens with two attached hydrogens (primary N) is 1. The summed E-state index contributed by atoms with van der Waals surface area (Å²) in [6.45, 7) is -0.620. The Labute approximate surface area is 157 Å². The van der Waals surface area contributed by atoms with Crippen molar-refractivity contribution in [2.24, 2.45) is 11.7 Å². The maximum Gasteiger partial charge on any atom is 0.387 e. The van der Waals surface area contributed by atoms with Crippen molar-refractivity contribution in [2.45, 2.75) is 44.9 Å². The number of aromatic nitrogens is 2. The molecule has 28 heavy (non-hydrogen) atoms. The van der Waals surface area contributed by atoms with E-state index in [1.165, 1.54) is 4.57 Å². The van der Waals surface area contributed by atoms with Crippen LogP contribution in [0, 0.1) is 11.7 Å². The van der Waals surface area contributed by atoms with E-state index in [0.29, 0.717) is 32.4 Å². The summed E-state index contributed by atoms with van der Waals surface area (Å²) in [7, 11) is 0. The number of alkyl halides is 2. The highest BCUT2D eigenvalue weighted by atomic mass is 19.3. The van der Waals surface area contributed by atoms with Crippen LogP contribution in [0.1, 0.15) is 32.2 Å². The minimum Gasteiger partial charge on any atom is -0.430 e. The van der Waals surface area contributed by atoms with Crippen LogP contribution in [0.15, 0.2) is 15.7 Å². The summed E-state index contributed by atoms with van der Waals surface area (Å²) >= 11 is 0. The first kappa shape index (κ1) is 18.9. The maximum atomic E-state index is 15.0. The van der Waals surface area contributed by atoms with E-state index in [-0.39, 0.29) is 34.6 Å². The smallest absolute Gasteiger partial charge is 0.387 e. The van der Waals surface area contributed by atoms with Gasteiger partial charge in [-0.2, -0.15) is 8.78 Å². The Balaban J connectivity index is 1.99. The Kier molecular flexibility index (Phi) is 4.60. The molecule has 1 aliphatic heterocycles. The number of nitrogens with one attached hydrogen (secondary N) is 1. The number of hydrogen-bond donors (Lipinski definition) is 2. The van der Waals surface area contributed by atoms with Gasteiger partial charge < -0.3 is 15.4 Å². The number of ether oxygens (including phenoxy) is 1. The third-order valence-electron chi connectivity index (χ3n) is 5.51. The topological polar surface area (TPSA) is 93.4 Å². The SMILES string of the molecule is C[C@H](N)[C@H]1CCN(c2c(F)cc3c(=O)[nH]c(=O)n(C4CC4)c3c2OC(F)F)C1. The number of nitrogens with zero attached hydrogens (tertiary/aromatic N) is 2. The predicted molar refractivity (Wildman–Crippen MR) is 97.7 cm³/mol. The van der Waals surface area contributed by atoms with Crippen LogP contribution < -0.4 is 26.6 Å². The van der Waals surface area contributed by atoms with Gasteiger partial charge in [0.2, 0.25) is 0 Å². The molecular weight excluding hydrogens is 377 g/mol. The zero-order chi connectivity index (χ0) is 20.2. The number of halogens is 3. The summed E-state index contributed by atoms with van der Waals surface area (Å²) < 4.78 is 47.4. The summed E-state index contributed by atoms with van der Waals surface area (Å²) in [5, 5.41) is -0.189. The Morgan fingerprint density at radius 3 is 2.57 bits per heavy atom. The molecule has 2 aromatic rings. The van der Waals surface area contributed by atoms with Crippen LogP contribution >= 0.6 is 0 Å². The lowest BCUT2D eigenvalue weighted by Gasteiger charge is -2.25. The number of H-pyrrole nitrogens is 1. The number of hydrogen-bond acceptors (Lipinski definition) is 5. The lowest BCUT2D eigenvalue weighted by atomic mass is 10.0. The van der Waals surface area contributed by atoms with Crippen molar-refractivity contribution in [1.29, 1.82) is 0 Å². The molecular formula is C18H21F3N4O3. The fourth-order valence-electron chi connectivity index (χ4n) is 3.94. The summed E-state index contributed by atoms with van der Waals surface area (Å²) in [6, 6.07) is 0.611. The molecule has 2 atom stereocenters. The average molecular weight is 398 g/mol. The third kappa shape index (κ3) is 3.15. The molecule has 1 saturated heterocycles. The van der Waals surface area contributed by atoms with Crippen LogP contribution in [0.3, 0.4) is 0 Å². The molecule has 7 nitrogen and oxygen atoms in total. The standard InChI is InChI=1S/C18H21F3N4O3/c1-8(22)9-4-5-24(7-9)14-12(19)6-11-13(15(14)28-17(20)21)25(10-2-3-10)18(27)23-16(11)26/h6,8-10,17H,2-5,7,22H2,1H3,(H,23,26,27)/t8-,9-/m0/s1. The zero-order valence-corrected chi connectivity index (χ0v) is 15.3. The first-order valence-electron chi connectivity index (χ1n) is 9.24. The molecule has 3 N–H and O–H groups in total. The van der Waals surface area contributed by atoms with Gasteiger partial charge in [0.1, 0.15) is 11.2 Å². The van der Waals surface area contributed by atoms with Gasteiger partial charge in [-0.25, -0.2) is 9.18 Å². The van der Waals surface area contributed by atoms with Gasteiger partial charge in [-0.05, 0) is 38.2 Å². The van der Waals surface area contributed by atoms with E-state index in [2.05, 4.69) is 4.98 Å². The molecule has 0 spiro atoms. The van der Waals surface area contributed by atoms with Gasteiger partial charge in [0.25, 0.3) is 5.56 Å². The predicted octanol–water partition coefficient (Wildman–Crippen LogP) is 1.94. The van der Waals surface area contributed by atoms with Crippen molar-refractivity contribution in [2.75, 3.05) is 18.0 Å². The Hall–Kier alpha value is -2.49. The zero-order valence-electron chi connectivity index (χ0n) is 15.3. The van der Waals surface area contributed by atoms with E-state index in [4.69, 9.17) is 10.5 Å². The fourth-order valence-corrected chi connectivity index (χ4v) is 3.94. The van der Waals surface area contributed by atoms with Crippen molar-refractivity contribution >= 4 is 16.6 Å². The van der Waals surface area contributed by atoms with Crippen molar-refractivity contribution in [1.82, 2.24) is 9.55 Å². The van der Waals surface area contributed by atoms with Crippen molar-refractivity contribution in [3.63, 3.8) is 0 Å². The maximum absolute atomic E-state index is 15.0. The molecule has 1 aromatic heterocycles. The number of benzene rings is 1. The highest BCUT2D eigenvalue weighted by Gasteiger charge is 2.34. The van der Waals surface area contributed by atoms with Crippen molar-refractivity contribution < 1.29 is 17.9 Å². The number of fused-ring (bicyclic) bond motifs is 1. The molecule has 0 amide bonds. The van der Waals surface area contributed by atoms with Gasteiger partial charge in [-0.15, -0.1) is 0 Å². The second-order valence-electron chi connectivity index (χ2n) is 7.53. The number of aromatic amines is 1. The molecule has 4 rings (SSSR count). The van der Waals surface area contributed by atoms with Crippen LogP contribution in [-0.2, 0) is 0 Å². The molecule has 2 fully saturated rings. The molecule has 0 radical (unpaired) electrons. The summed E-state index contributed by atoms with van der Waals surface area (Å²) in [4.78, 5) is 28.4. The average Bonchev–Trinajstić information content (AvgIpc) is 3.31. The molecule has 1 saturated carbocycles. The Morgan fingerprint density at radius 2 is 2.00 bits per heavy atom. The first-order valence-corrected chi connectivity index (χ1v) is 9.24. The van der Waals surface area contributed by atoms with E-state index >= 15 is 4.39 Å². The lowest BCUT2D eigenvalue weighted by molar-refractivity contribution is -0.0488. The fraction of sp³-hybridized carbons (Fsp3) is 0.556. The lowest BCUT2D eigenvalue weighted by Crippen LogP contribution is -2.32. The first-order chi connectivity index (χ1) is 13.3. The molecule has 152 valence electrons. The van der Waals surface area contributed by atoms with Crippen molar-refractivity contribution in [3.8, 4) is 5.75 Å². The molecule has 2 aliphatic rings. The van der Waals surface area contributed by atoms with Gasteiger partial charge in [-0.3, -0.25) is 14.3 Å². The summed E-state index contributed by atoms with van der Waals surface area (Å²) in [5.41, 5.74) is 4.14. The largest absolute Gasteiger partial charge is 0.430 e. The van der Waals surface area contributed by atoms with Gasteiger partial charge in [0.05, 0.1) is 5.39 Å². The van der Waals surface area contributed by atoms with Crippen LogP contribution in [0.25, 0.3) is 10.9 Å². The van der Waals surface area contributed by atoms with Crippen LogP contribution in [0.2, 0.25) is 0 Å². The van der Waals surface area contributed by atoms with Crippen LogP contribution in [0.4, 0.5) is 18.9 Å². The van der Waals surface area contributed by atoms with Crippen LogP contribution in [0.5, 0.6) is 5.75 Å². The second-order valence-corrected chi connectivity index (χ2v) is 7.53. The van der Waals surface area contributed by atoms with Gasteiger partial charge in [0, 0.05) is 25.2 Å². The molecule has 2 heterocycles. The van der Waals surface area contributed by atoms with E-state index in [9.17, 15) is 18.4 Å². The molecule has 0 unspecified atom stereocenters. The Morgan fingerprint density at radius 1 is 1.29 bits per heavy atom. The molecule has 1 aliphatic carbocycles. The molecule has 10 heteroatoms. The minimum absolute atomic E-state index is 0.0688. The second kappa shape index (κ2) is 6.84. The molecule has 1 aromatic carbocycles. The quantitative estimate of drug-likeness (QED) is 0.803. The monoisotopic (exact) mass is 398 g/mol. The van der Waals surface area contributed by atoms with Gasteiger partial charge >= 0.3 is 12.3 Å².